The molecule has 0 bridgehead atoms. The van der Waals surface area contributed by atoms with Gasteiger partial charge in [-0.25, -0.2) is 4.68 Å². The van der Waals surface area contributed by atoms with Gasteiger partial charge in [0, 0.05) is 30.2 Å². The predicted molar refractivity (Wildman–Crippen MR) is 76.6 cm³/mol. The molecule has 2 rings (SSSR count). The largest absolute Gasteiger partial charge is 0.380 e. The summed E-state index contributed by atoms with van der Waals surface area (Å²) in [6, 6.07) is 4.39. The van der Waals surface area contributed by atoms with Crippen LogP contribution in [0, 0.1) is 20.8 Å². The van der Waals surface area contributed by atoms with Crippen molar-refractivity contribution in [2.75, 3.05) is 5.32 Å². The zero-order chi connectivity index (χ0) is 13.1. The lowest BCUT2D eigenvalue weighted by atomic mass is 10.1. The Morgan fingerprint density at radius 3 is 2.50 bits per heavy atom. The van der Waals surface area contributed by atoms with E-state index in [9.17, 15) is 0 Å². The third-order valence-corrected chi connectivity index (χ3v) is 2.99. The number of aromatic nitrogens is 2. The van der Waals surface area contributed by atoms with Crippen molar-refractivity contribution in [1.29, 1.82) is 0 Å². The molecule has 94 valence electrons. The highest BCUT2D eigenvalue weighted by Crippen LogP contribution is 2.22. The zero-order valence-electron chi connectivity index (χ0n) is 11.2. The van der Waals surface area contributed by atoms with Gasteiger partial charge in [0.2, 0.25) is 0 Å². The Kier molecular flexibility index (Phi) is 3.51. The van der Waals surface area contributed by atoms with Crippen molar-refractivity contribution >= 4 is 11.9 Å². The Morgan fingerprint density at radius 1 is 1.28 bits per heavy atom. The number of nitrogens with one attached hydrogen (secondary N) is 1. The second-order valence-electron chi connectivity index (χ2n) is 4.64. The summed E-state index contributed by atoms with van der Waals surface area (Å²) < 4.78 is 1.71. The van der Waals surface area contributed by atoms with Crippen LogP contribution in [0.15, 0.2) is 31.1 Å². The summed E-state index contributed by atoms with van der Waals surface area (Å²) in [6.45, 7) is 10.8. The molecular formula is C15H19N3. The van der Waals surface area contributed by atoms with Crippen LogP contribution in [0.2, 0.25) is 0 Å². The number of hydrogen-bond acceptors (Lipinski definition) is 2. The van der Waals surface area contributed by atoms with E-state index < -0.39 is 0 Å². The predicted octanol–water partition coefficient (Wildman–Crippen LogP) is 3.52. The lowest BCUT2D eigenvalue weighted by Gasteiger charge is -2.13. The Labute approximate surface area is 108 Å². The summed E-state index contributed by atoms with van der Waals surface area (Å²) in [4.78, 5) is 0. The maximum Gasteiger partial charge on any atom is 0.0543 e. The third kappa shape index (κ3) is 2.62. The molecule has 0 aliphatic heterocycles. The van der Waals surface area contributed by atoms with Crippen molar-refractivity contribution in [2.24, 2.45) is 0 Å². The van der Waals surface area contributed by atoms with Crippen LogP contribution in [0.25, 0.3) is 6.20 Å². The van der Waals surface area contributed by atoms with Crippen molar-refractivity contribution in [2.45, 2.75) is 27.3 Å². The van der Waals surface area contributed by atoms with Gasteiger partial charge in [-0.15, -0.1) is 0 Å². The minimum absolute atomic E-state index is 0.776. The third-order valence-electron chi connectivity index (χ3n) is 2.99. The molecule has 1 aromatic heterocycles. The average molecular weight is 241 g/mol. The van der Waals surface area contributed by atoms with Crippen LogP contribution in [-0.2, 0) is 6.54 Å². The van der Waals surface area contributed by atoms with Gasteiger partial charge in [-0.3, -0.25) is 0 Å². The van der Waals surface area contributed by atoms with Crippen molar-refractivity contribution in [3.05, 3.63) is 53.4 Å². The van der Waals surface area contributed by atoms with Crippen LogP contribution in [0.1, 0.15) is 22.3 Å². The van der Waals surface area contributed by atoms with Crippen LogP contribution < -0.4 is 5.32 Å². The highest BCUT2D eigenvalue weighted by molar-refractivity contribution is 5.58. The van der Waals surface area contributed by atoms with E-state index in [0.29, 0.717) is 0 Å². The number of benzene rings is 1. The van der Waals surface area contributed by atoms with E-state index in [1.165, 1.54) is 22.4 Å². The first kappa shape index (κ1) is 12.4. The Hall–Kier alpha value is -2.03. The van der Waals surface area contributed by atoms with Crippen LogP contribution >= 0.6 is 0 Å². The maximum atomic E-state index is 4.16. The smallest absolute Gasteiger partial charge is 0.0543 e. The van der Waals surface area contributed by atoms with Crippen molar-refractivity contribution in [3.63, 3.8) is 0 Å². The lowest BCUT2D eigenvalue weighted by Crippen LogP contribution is -2.02. The quantitative estimate of drug-likeness (QED) is 0.887. The highest BCUT2D eigenvalue weighted by atomic mass is 15.2. The van der Waals surface area contributed by atoms with E-state index in [-0.39, 0.29) is 0 Å². The van der Waals surface area contributed by atoms with E-state index in [0.717, 1.165) is 12.1 Å². The van der Waals surface area contributed by atoms with E-state index in [4.69, 9.17) is 0 Å². The minimum atomic E-state index is 0.776. The molecule has 1 aromatic carbocycles. The number of rotatable bonds is 4. The normalized spacial score (nSPS) is 10.4. The molecule has 0 fully saturated rings. The van der Waals surface area contributed by atoms with Gasteiger partial charge in [-0.2, -0.15) is 5.10 Å². The number of anilines is 1. The average Bonchev–Trinajstić information content (AvgIpc) is 2.75. The van der Waals surface area contributed by atoms with Gasteiger partial charge in [0.25, 0.3) is 0 Å². The zero-order valence-corrected chi connectivity index (χ0v) is 11.2. The topological polar surface area (TPSA) is 29.9 Å². The molecule has 0 aliphatic carbocycles. The molecule has 3 nitrogen and oxygen atoms in total. The van der Waals surface area contributed by atoms with Gasteiger partial charge in [0.05, 0.1) is 6.20 Å². The van der Waals surface area contributed by atoms with Gasteiger partial charge >= 0.3 is 0 Å². The van der Waals surface area contributed by atoms with E-state index in [1.54, 1.807) is 10.9 Å². The fourth-order valence-corrected chi connectivity index (χ4v) is 2.22. The molecule has 1 heterocycles. The summed E-state index contributed by atoms with van der Waals surface area (Å²) in [7, 11) is 0. The monoisotopic (exact) mass is 241 g/mol. The van der Waals surface area contributed by atoms with Gasteiger partial charge in [0.15, 0.2) is 0 Å². The Morgan fingerprint density at radius 2 is 1.94 bits per heavy atom. The van der Waals surface area contributed by atoms with E-state index in [1.807, 2.05) is 12.4 Å². The second-order valence-corrected chi connectivity index (χ2v) is 4.64. The fraction of sp³-hybridized carbons (Fsp3) is 0.267. The molecule has 0 radical (unpaired) electrons. The first-order valence-electron chi connectivity index (χ1n) is 6.07. The summed E-state index contributed by atoms with van der Waals surface area (Å²) in [6.07, 6.45) is 5.51. The molecule has 3 heteroatoms. The van der Waals surface area contributed by atoms with Gasteiger partial charge in [0.1, 0.15) is 0 Å². The molecule has 0 amide bonds. The Bertz CT molecular complexity index is 544. The maximum absolute atomic E-state index is 4.16. The Balaban J connectivity index is 2.12. The minimum Gasteiger partial charge on any atom is -0.380 e. The molecule has 1 N–H and O–H groups in total. The summed E-state index contributed by atoms with van der Waals surface area (Å²) in [5.74, 6) is 0. The van der Waals surface area contributed by atoms with Gasteiger partial charge in [-0.1, -0.05) is 24.3 Å². The molecule has 0 spiro atoms. The number of nitrogens with zero attached hydrogens (tertiary/aromatic N) is 2. The number of aryl methyl sites for hydroxylation is 3. The van der Waals surface area contributed by atoms with E-state index in [2.05, 4.69) is 49.9 Å². The summed E-state index contributed by atoms with van der Waals surface area (Å²) >= 11 is 0. The lowest BCUT2D eigenvalue weighted by molar-refractivity contribution is 0.936. The first-order chi connectivity index (χ1) is 8.60. The molecule has 0 saturated heterocycles. The number of hydrogen-bond donors (Lipinski definition) is 1. The molecule has 0 aliphatic rings. The second kappa shape index (κ2) is 5.08. The molecule has 2 aromatic rings. The van der Waals surface area contributed by atoms with Gasteiger partial charge in [-0.05, 0) is 31.9 Å². The first-order valence-corrected chi connectivity index (χ1v) is 6.07. The highest BCUT2D eigenvalue weighted by Gasteiger charge is 2.04. The molecule has 18 heavy (non-hydrogen) atoms. The van der Waals surface area contributed by atoms with Crippen molar-refractivity contribution < 1.29 is 0 Å². The van der Waals surface area contributed by atoms with Gasteiger partial charge < -0.3 is 5.32 Å². The molecular weight excluding hydrogens is 222 g/mol. The van der Waals surface area contributed by atoms with Crippen LogP contribution in [0.3, 0.4) is 0 Å². The molecule has 0 saturated carbocycles. The van der Waals surface area contributed by atoms with Crippen molar-refractivity contribution in [3.8, 4) is 0 Å². The fourth-order valence-electron chi connectivity index (χ4n) is 2.22. The van der Waals surface area contributed by atoms with Crippen molar-refractivity contribution in [1.82, 2.24) is 9.78 Å². The van der Waals surface area contributed by atoms with E-state index >= 15 is 0 Å². The molecule has 0 unspecified atom stereocenters. The molecule has 0 atom stereocenters. The van der Waals surface area contributed by atoms with Crippen LogP contribution in [0.4, 0.5) is 5.69 Å². The van der Waals surface area contributed by atoms with Crippen LogP contribution in [-0.4, -0.2) is 9.78 Å². The SMILES string of the molecule is C=Cn1cc(CNc2c(C)cc(C)cc2C)cn1. The van der Waals surface area contributed by atoms with Crippen LogP contribution in [0.5, 0.6) is 0 Å². The summed E-state index contributed by atoms with van der Waals surface area (Å²) in [5.41, 5.74) is 6.23. The standard InChI is InChI=1S/C15H19N3/c1-5-18-10-14(9-17-18)8-16-15-12(3)6-11(2)7-13(15)4/h5-7,9-10,16H,1,8H2,2-4H3. The summed E-state index contributed by atoms with van der Waals surface area (Å²) in [5, 5.41) is 7.64.